The molecule has 0 saturated carbocycles. The maximum Gasteiger partial charge on any atom is 0.319 e. The zero-order valence-electron chi connectivity index (χ0n) is 11.9. The summed E-state index contributed by atoms with van der Waals surface area (Å²) in [7, 11) is 0. The van der Waals surface area contributed by atoms with Crippen LogP contribution in [0.1, 0.15) is 32.2 Å². The number of halogens is 1. The van der Waals surface area contributed by atoms with Gasteiger partial charge in [0.25, 0.3) is 0 Å². The van der Waals surface area contributed by atoms with E-state index < -0.39 is 11.4 Å². The van der Waals surface area contributed by atoms with Gasteiger partial charge in [-0.05, 0) is 34.6 Å². The Kier molecular flexibility index (Phi) is 4.74. The molecule has 0 radical (unpaired) electrons. The zero-order chi connectivity index (χ0) is 14.8. The van der Waals surface area contributed by atoms with Crippen molar-refractivity contribution in [2.24, 2.45) is 5.41 Å². The van der Waals surface area contributed by atoms with Gasteiger partial charge in [-0.3, -0.25) is 14.3 Å². The van der Waals surface area contributed by atoms with Gasteiger partial charge in [-0.1, -0.05) is 11.6 Å². The van der Waals surface area contributed by atoms with Crippen LogP contribution in [0.4, 0.5) is 0 Å². The van der Waals surface area contributed by atoms with Crippen LogP contribution in [-0.2, 0) is 20.9 Å². The molecule has 5 nitrogen and oxygen atoms in total. The lowest BCUT2D eigenvalue weighted by Gasteiger charge is -2.20. The topological polar surface area (TPSA) is 61.2 Å². The lowest BCUT2D eigenvalue weighted by molar-refractivity contribution is -0.158. The molecular formula is C13H19ClN2O3. The summed E-state index contributed by atoms with van der Waals surface area (Å²) in [6.07, 6.45) is 0. The highest BCUT2D eigenvalue weighted by Gasteiger charge is 2.37. The molecule has 0 aliphatic carbocycles. The summed E-state index contributed by atoms with van der Waals surface area (Å²) in [5.41, 5.74) is 0.197. The third kappa shape index (κ3) is 3.15. The third-order valence-corrected chi connectivity index (χ3v) is 3.62. The Morgan fingerprint density at radius 3 is 2.37 bits per heavy atom. The second-order valence-corrected chi connectivity index (χ2v) is 5.29. The molecule has 0 N–H and O–H groups in total. The lowest BCUT2D eigenvalue weighted by Crippen LogP contribution is -2.37. The van der Waals surface area contributed by atoms with Gasteiger partial charge < -0.3 is 4.74 Å². The van der Waals surface area contributed by atoms with Crippen LogP contribution in [-0.4, -0.2) is 28.1 Å². The summed E-state index contributed by atoms with van der Waals surface area (Å²) in [6, 6.07) is 0. The van der Waals surface area contributed by atoms with Gasteiger partial charge in [-0.2, -0.15) is 5.10 Å². The molecule has 1 heterocycles. The predicted octanol–water partition coefficient (Wildman–Crippen LogP) is 2.31. The van der Waals surface area contributed by atoms with E-state index >= 15 is 0 Å². The Labute approximate surface area is 117 Å². The minimum Gasteiger partial charge on any atom is -0.465 e. The number of ether oxygens (including phenoxy) is 1. The average Bonchev–Trinajstić information content (AvgIpc) is 2.57. The Morgan fingerprint density at radius 1 is 1.37 bits per heavy atom. The van der Waals surface area contributed by atoms with Crippen LogP contribution in [0.2, 0.25) is 5.02 Å². The standard InChI is InChI=1S/C13H19ClN2O3/c1-6-19-12(18)13(4,5)10(17)7-16-9(3)11(14)8(2)15-16/h6-7H2,1-5H3. The first kappa shape index (κ1) is 15.7. The molecule has 0 amide bonds. The van der Waals surface area contributed by atoms with Crippen molar-refractivity contribution in [2.75, 3.05) is 6.61 Å². The minimum absolute atomic E-state index is 0.00517. The van der Waals surface area contributed by atoms with E-state index in [2.05, 4.69) is 5.10 Å². The monoisotopic (exact) mass is 286 g/mol. The largest absolute Gasteiger partial charge is 0.465 e. The van der Waals surface area contributed by atoms with Gasteiger partial charge in [0, 0.05) is 0 Å². The van der Waals surface area contributed by atoms with Crippen molar-refractivity contribution >= 4 is 23.4 Å². The van der Waals surface area contributed by atoms with E-state index in [0.29, 0.717) is 16.4 Å². The average molecular weight is 287 g/mol. The summed E-state index contributed by atoms with van der Waals surface area (Å²) < 4.78 is 6.42. The van der Waals surface area contributed by atoms with E-state index in [1.165, 1.54) is 4.68 Å². The molecular weight excluding hydrogens is 268 g/mol. The van der Waals surface area contributed by atoms with Gasteiger partial charge in [0.05, 0.1) is 23.0 Å². The second-order valence-electron chi connectivity index (χ2n) is 4.91. The normalized spacial score (nSPS) is 11.5. The molecule has 0 aliphatic rings. The van der Waals surface area contributed by atoms with Crippen molar-refractivity contribution in [2.45, 2.75) is 41.2 Å². The van der Waals surface area contributed by atoms with Crippen LogP contribution in [0.3, 0.4) is 0 Å². The van der Waals surface area contributed by atoms with Crippen molar-refractivity contribution in [3.8, 4) is 0 Å². The smallest absolute Gasteiger partial charge is 0.319 e. The van der Waals surface area contributed by atoms with Gasteiger partial charge in [0.2, 0.25) is 0 Å². The zero-order valence-corrected chi connectivity index (χ0v) is 12.7. The first-order chi connectivity index (χ1) is 8.71. The quantitative estimate of drug-likeness (QED) is 0.615. The SMILES string of the molecule is CCOC(=O)C(C)(C)C(=O)Cn1nc(C)c(Cl)c1C. The van der Waals surface area contributed by atoms with E-state index in [1.54, 1.807) is 34.6 Å². The van der Waals surface area contributed by atoms with E-state index in [1.807, 2.05) is 0 Å². The Morgan fingerprint density at radius 2 is 1.95 bits per heavy atom. The fourth-order valence-corrected chi connectivity index (χ4v) is 1.72. The number of esters is 1. The number of Topliss-reactive ketones (excluding diaryl/α,β-unsaturated/α-hetero) is 1. The van der Waals surface area contributed by atoms with Gasteiger partial charge in [-0.25, -0.2) is 0 Å². The van der Waals surface area contributed by atoms with E-state index in [-0.39, 0.29) is 18.9 Å². The summed E-state index contributed by atoms with van der Waals surface area (Å²) in [6.45, 7) is 8.63. The van der Waals surface area contributed by atoms with Crippen LogP contribution in [0, 0.1) is 19.3 Å². The molecule has 1 aromatic heterocycles. The van der Waals surface area contributed by atoms with E-state index in [4.69, 9.17) is 16.3 Å². The van der Waals surface area contributed by atoms with E-state index in [9.17, 15) is 9.59 Å². The van der Waals surface area contributed by atoms with Gasteiger partial charge in [0.1, 0.15) is 12.0 Å². The van der Waals surface area contributed by atoms with Crippen LogP contribution in [0.5, 0.6) is 0 Å². The van der Waals surface area contributed by atoms with Crippen LogP contribution in [0.15, 0.2) is 0 Å². The number of nitrogens with zero attached hydrogens (tertiary/aromatic N) is 2. The van der Waals surface area contributed by atoms with Crippen molar-refractivity contribution < 1.29 is 14.3 Å². The maximum absolute atomic E-state index is 12.2. The lowest BCUT2D eigenvalue weighted by atomic mass is 9.88. The minimum atomic E-state index is -1.19. The highest BCUT2D eigenvalue weighted by atomic mass is 35.5. The molecule has 0 saturated heterocycles. The number of hydrogen-bond donors (Lipinski definition) is 0. The highest BCUT2D eigenvalue weighted by Crippen LogP contribution is 2.23. The third-order valence-electron chi connectivity index (χ3n) is 3.07. The molecule has 1 aromatic rings. The Bertz CT molecular complexity index is 506. The number of hydrogen-bond acceptors (Lipinski definition) is 4. The molecule has 0 atom stereocenters. The van der Waals surface area contributed by atoms with Crippen molar-refractivity contribution in [3.63, 3.8) is 0 Å². The van der Waals surface area contributed by atoms with Crippen LogP contribution >= 0.6 is 11.6 Å². The molecule has 0 unspecified atom stereocenters. The van der Waals surface area contributed by atoms with E-state index in [0.717, 1.165) is 0 Å². The fourth-order valence-electron chi connectivity index (χ4n) is 1.59. The van der Waals surface area contributed by atoms with Crippen molar-refractivity contribution in [1.82, 2.24) is 9.78 Å². The number of rotatable bonds is 5. The number of carbonyl (C=O) groups is 2. The number of carbonyl (C=O) groups excluding carboxylic acids is 2. The molecule has 19 heavy (non-hydrogen) atoms. The molecule has 0 aliphatic heterocycles. The van der Waals surface area contributed by atoms with Gasteiger partial charge in [0.15, 0.2) is 5.78 Å². The van der Waals surface area contributed by atoms with Crippen LogP contribution in [0.25, 0.3) is 0 Å². The van der Waals surface area contributed by atoms with Gasteiger partial charge >= 0.3 is 5.97 Å². The summed E-state index contributed by atoms with van der Waals surface area (Å²) in [5.74, 6) is -0.777. The predicted molar refractivity (Wildman–Crippen MR) is 72.1 cm³/mol. The summed E-state index contributed by atoms with van der Waals surface area (Å²) in [5, 5.41) is 4.72. The number of aromatic nitrogens is 2. The van der Waals surface area contributed by atoms with Crippen molar-refractivity contribution in [1.29, 1.82) is 0 Å². The number of aryl methyl sites for hydroxylation is 1. The van der Waals surface area contributed by atoms with Crippen LogP contribution < -0.4 is 0 Å². The molecule has 0 spiro atoms. The molecule has 0 fully saturated rings. The number of ketones is 1. The molecule has 6 heteroatoms. The summed E-state index contributed by atoms with van der Waals surface area (Å²) >= 11 is 6.02. The first-order valence-electron chi connectivity index (χ1n) is 6.11. The first-order valence-corrected chi connectivity index (χ1v) is 6.49. The second kappa shape index (κ2) is 5.74. The Balaban J connectivity index is 2.90. The fraction of sp³-hybridized carbons (Fsp3) is 0.615. The Hall–Kier alpha value is -1.36. The summed E-state index contributed by atoms with van der Waals surface area (Å²) in [4.78, 5) is 24.0. The molecule has 1 rings (SSSR count). The van der Waals surface area contributed by atoms with Crippen molar-refractivity contribution in [3.05, 3.63) is 16.4 Å². The molecule has 106 valence electrons. The molecule has 0 aromatic carbocycles. The molecule has 0 bridgehead atoms. The highest BCUT2D eigenvalue weighted by molar-refractivity contribution is 6.31. The maximum atomic E-state index is 12.2. The van der Waals surface area contributed by atoms with Gasteiger partial charge in [-0.15, -0.1) is 0 Å².